The molecule has 2 heterocycles. The Morgan fingerprint density at radius 1 is 0.578 bits per heavy atom. The molecule has 0 aliphatic carbocycles. The summed E-state index contributed by atoms with van der Waals surface area (Å²) in [5, 5.41) is 5.33. The van der Waals surface area contributed by atoms with Gasteiger partial charge >= 0.3 is 5.97 Å². The first-order valence-electron chi connectivity index (χ1n) is 21.8. The molecular formula is C43H69N3O18. The average Bonchev–Trinajstić information content (AvgIpc) is 3.51. The lowest BCUT2D eigenvalue weighted by Gasteiger charge is -2.27. The Kier molecular flexibility index (Phi) is 28.8. The average molecular weight is 916 g/mol. The van der Waals surface area contributed by atoms with E-state index in [4.69, 9.17) is 61.6 Å². The van der Waals surface area contributed by atoms with Crippen molar-refractivity contribution < 1.29 is 85.6 Å². The highest BCUT2D eigenvalue weighted by atomic mass is 16.6. The van der Waals surface area contributed by atoms with Gasteiger partial charge in [-0.05, 0) is 39.3 Å². The SMILES string of the molecule is CC(C)(C)OC(=O)COCCOCCOCCOCCOCCOCCOCCOCCOCCOCCOCCOCCNc1cccc2c1C(=O)N(C1CCC(=O)NC1=O)C2=O. The predicted molar refractivity (Wildman–Crippen MR) is 227 cm³/mol. The van der Waals surface area contributed by atoms with E-state index in [1.165, 1.54) is 0 Å². The van der Waals surface area contributed by atoms with Crippen molar-refractivity contribution in [1.82, 2.24) is 10.2 Å². The van der Waals surface area contributed by atoms with Crippen molar-refractivity contribution in [3.8, 4) is 0 Å². The van der Waals surface area contributed by atoms with E-state index in [0.29, 0.717) is 164 Å². The van der Waals surface area contributed by atoms with E-state index in [-0.39, 0.29) is 30.6 Å². The number of fused-ring (bicyclic) bond motifs is 1. The number of ether oxygens (including phenoxy) is 13. The molecular weight excluding hydrogens is 846 g/mol. The Hall–Kier alpha value is -3.71. The minimum Gasteiger partial charge on any atom is -0.458 e. The number of amides is 4. The largest absolute Gasteiger partial charge is 0.458 e. The third-order valence-corrected chi connectivity index (χ3v) is 8.76. The highest BCUT2D eigenvalue weighted by molar-refractivity contribution is 6.25. The smallest absolute Gasteiger partial charge is 0.332 e. The van der Waals surface area contributed by atoms with Gasteiger partial charge in [-0.2, -0.15) is 0 Å². The zero-order valence-electron chi connectivity index (χ0n) is 37.7. The van der Waals surface area contributed by atoms with Crippen LogP contribution in [-0.2, 0) is 76.0 Å². The second-order valence-electron chi connectivity index (χ2n) is 15.0. The minimum atomic E-state index is -1.02. The quantitative estimate of drug-likeness (QED) is 0.0532. The first kappa shape index (κ1) is 54.6. The van der Waals surface area contributed by atoms with Gasteiger partial charge in [0.15, 0.2) is 0 Å². The van der Waals surface area contributed by atoms with Gasteiger partial charge in [0.25, 0.3) is 11.8 Å². The number of imide groups is 2. The summed E-state index contributed by atoms with van der Waals surface area (Å²) in [6, 6.07) is 3.89. The molecule has 21 nitrogen and oxygen atoms in total. The van der Waals surface area contributed by atoms with Crippen molar-refractivity contribution in [2.24, 2.45) is 0 Å². The predicted octanol–water partition coefficient (Wildman–Crippen LogP) is 1.04. The van der Waals surface area contributed by atoms with E-state index in [2.05, 4.69) is 10.6 Å². The monoisotopic (exact) mass is 915 g/mol. The van der Waals surface area contributed by atoms with Crippen molar-refractivity contribution in [2.45, 2.75) is 45.3 Å². The van der Waals surface area contributed by atoms with Crippen LogP contribution in [0.2, 0.25) is 0 Å². The maximum atomic E-state index is 13.2. The van der Waals surface area contributed by atoms with Gasteiger partial charge in [0.05, 0.1) is 163 Å². The Morgan fingerprint density at radius 2 is 0.969 bits per heavy atom. The molecule has 21 heteroatoms. The summed E-state index contributed by atoms with van der Waals surface area (Å²) in [7, 11) is 0. The summed E-state index contributed by atoms with van der Waals surface area (Å²) in [6.07, 6.45) is 0.160. The first-order valence-corrected chi connectivity index (χ1v) is 21.8. The fraction of sp³-hybridized carbons (Fsp3) is 0.744. The topological polar surface area (TPSA) is 233 Å². The lowest BCUT2D eigenvalue weighted by atomic mass is 10.0. The van der Waals surface area contributed by atoms with Crippen LogP contribution in [0, 0.1) is 0 Å². The van der Waals surface area contributed by atoms with Crippen LogP contribution in [0.1, 0.15) is 54.3 Å². The maximum absolute atomic E-state index is 13.2. The van der Waals surface area contributed by atoms with Crippen LogP contribution in [0.3, 0.4) is 0 Å². The Bertz CT molecular complexity index is 1490. The van der Waals surface area contributed by atoms with Crippen LogP contribution >= 0.6 is 0 Å². The molecule has 1 fully saturated rings. The molecule has 0 radical (unpaired) electrons. The van der Waals surface area contributed by atoms with Crippen molar-refractivity contribution in [2.75, 3.05) is 170 Å². The van der Waals surface area contributed by atoms with Gasteiger partial charge in [-0.1, -0.05) is 6.07 Å². The van der Waals surface area contributed by atoms with Crippen LogP contribution in [0.5, 0.6) is 0 Å². The van der Waals surface area contributed by atoms with Crippen LogP contribution in [-0.4, -0.2) is 211 Å². The number of nitrogens with one attached hydrogen (secondary N) is 2. The molecule has 2 aliphatic rings. The number of carbonyl (C=O) groups is 5. The number of rotatable bonds is 40. The fourth-order valence-corrected chi connectivity index (χ4v) is 5.87. The molecule has 1 saturated heterocycles. The molecule has 64 heavy (non-hydrogen) atoms. The summed E-state index contributed by atoms with van der Waals surface area (Å²) < 4.78 is 70.8. The van der Waals surface area contributed by atoms with Crippen molar-refractivity contribution in [3.05, 3.63) is 29.3 Å². The van der Waals surface area contributed by atoms with Crippen molar-refractivity contribution in [3.63, 3.8) is 0 Å². The molecule has 0 aromatic heterocycles. The molecule has 1 aromatic rings. The number of hydrogen-bond acceptors (Lipinski definition) is 19. The third kappa shape index (κ3) is 24.0. The Balaban J connectivity index is 0.962. The lowest BCUT2D eigenvalue weighted by Crippen LogP contribution is -2.54. The van der Waals surface area contributed by atoms with Gasteiger partial charge in [-0.25, -0.2) is 4.79 Å². The molecule has 364 valence electrons. The zero-order chi connectivity index (χ0) is 46.1. The van der Waals surface area contributed by atoms with E-state index in [9.17, 15) is 24.0 Å². The summed E-state index contributed by atoms with van der Waals surface area (Å²) in [4.78, 5) is 62.5. The molecule has 4 amide bonds. The molecule has 0 spiro atoms. The van der Waals surface area contributed by atoms with E-state index < -0.39 is 41.2 Å². The van der Waals surface area contributed by atoms with Crippen LogP contribution in [0.25, 0.3) is 0 Å². The molecule has 0 bridgehead atoms. The zero-order valence-corrected chi connectivity index (χ0v) is 37.7. The number of nitrogens with zero attached hydrogens (tertiary/aromatic N) is 1. The molecule has 1 unspecified atom stereocenters. The second kappa shape index (κ2) is 33.7. The summed E-state index contributed by atoms with van der Waals surface area (Å²) in [5.74, 6) is -2.58. The Morgan fingerprint density at radius 3 is 1.36 bits per heavy atom. The van der Waals surface area contributed by atoms with Crippen LogP contribution < -0.4 is 10.6 Å². The number of anilines is 1. The van der Waals surface area contributed by atoms with Crippen molar-refractivity contribution >= 4 is 35.3 Å². The number of esters is 1. The minimum absolute atomic E-state index is 0.0610. The summed E-state index contributed by atoms with van der Waals surface area (Å²) in [6.45, 7) is 15.5. The lowest BCUT2D eigenvalue weighted by molar-refractivity contribution is -0.160. The summed E-state index contributed by atoms with van der Waals surface area (Å²) >= 11 is 0. The molecule has 0 saturated carbocycles. The van der Waals surface area contributed by atoms with E-state index in [1.807, 2.05) is 0 Å². The molecule has 1 aromatic carbocycles. The first-order chi connectivity index (χ1) is 31.1. The standard InChI is InChI=1S/C43H69N3O18/c1-43(2,3)64-38(48)33-63-32-31-62-30-29-61-28-27-60-26-25-59-24-23-58-22-21-57-20-19-56-18-17-55-16-15-54-14-13-53-12-11-52-10-9-44-35-6-4-5-34-39(35)42(51)46(41(34)50)36-7-8-37(47)45-40(36)49/h4-6,36,44H,7-33H2,1-3H3,(H,45,47,49). The van der Waals surface area contributed by atoms with Gasteiger partial charge in [-0.15, -0.1) is 0 Å². The van der Waals surface area contributed by atoms with Crippen LogP contribution in [0.4, 0.5) is 5.69 Å². The number of benzene rings is 1. The highest BCUT2D eigenvalue weighted by Gasteiger charge is 2.45. The van der Waals surface area contributed by atoms with Gasteiger partial charge in [0.2, 0.25) is 11.8 Å². The molecule has 1 atom stereocenters. The van der Waals surface area contributed by atoms with E-state index >= 15 is 0 Å². The highest BCUT2D eigenvalue weighted by Crippen LogP contribution is 2.32. The van der Waals surface area contributed by atoms with Gasteiger partial charge in [0.1, 0.15) is 18.2 Å². The van der Waals surface area contributed by atoms with Gasteiger partial charge in [-0.3, -0.25) is 29.4 Å². The Labute approximate surface area is 375 Å². The number of carbonyl (C=O) groups excluding carboxylic acids is 5. The normalized spacial score (nSPS) is 15.2. The van der Waals surface area contributed by atoms with E-state index in [0.717, 1.165) is 4.90 Å². The third-order valence-electron chi connectivity index (χ3n) is 8.76. The fourth-order valence-electron chi connectivity index (χ4n) is 5.87. The molecule has 3 rings (SSSR count). The number of piperidine rings is 1. The second-order valence-corrected chi connectivity index (χ2v) is 15.0. The maximum Gasteiger partial charge on any atom is 0.332 e. The molecule has 2 N–H and O–H groups in total. The molecule has 2 aliphatic heterocycles. The summed E-state index contributed by atoms with van der Waals surface area (Å²) in [5.41, 5.74) is 0.368. The van der Waals surface area contributed by atoms with Crippen molar-refractivity contribution in [1.29, 1.82) is 0 Å². The van der Waals surface area contributed by atoms with Gasteiger partial charge < -0.3 is 66.9 Å². The van der Waals surface area contributed by atoms with E-state index in [1.54, 1.807) is 39.0 Å². The number of hydrogen-bond donors (Lipinski definition) is 2. The van der Waals surface area contributed by atoms with Gasteiger partial charge in [0, 0.05) is 18.7 Å². The van der Waals surface area contributed by atoms with Crippen LogP contribution in [0.15, 0.2) is 18.2 Å².